The number of hydrogen-bond donors (Lipinski definition) is 1. The Morgan fingerprint density at radius 1 is 0.652 bits per heavy atom. The lowest BCUT2D eigenvalue weighted by Gasteiger charge is -2.16. The van der Waals surface area contributed by atoms with Crippen molar-refractivity contribution in [2.75, 3.05) is 6.54 Å². The Kier molecular flexibility index (Phi) is 17.4. The van der Waals surface area contributed by atoms with E-state index in [1.165, 1.54) is 77.0 Å². The van der Waals surface area contributed by atoms with Gasteiger partial charge >= 0.3 is 0 Å². The highest BCUT2D eigenvalue weighted by atomic mass is 16.1. The molecule has 23 heavy (non-hydrogen) atoms. The van der Waals surface area contributed by atoms with Crippen molar-refractivity contribution in [1.82, 2.24) is 5.32 Å². The lowest BCUT2D eigenvalue weighted by atomic mass is 9.93. The van der Waals surface area contributed by atoms with Gasteiger partial charge in [-0.05, 0) is 19.3 Å². The van der Waals surface area contributed by atoms with Crippen molar-refractivity contribution in [3.63, 3.8) is 0 Å². The Labute approximate surface area is 146 Å². The van der Waals surface area contributed by atoms with Gasteiger partial charge in [0.1, 0.15) is 0 Å². The first-order valence-electron chi connectivity index (χ1n) is 10.5. The standard InChI is InChI=1S/C21H43NO/c1-4-7-9-11-13-15-17-20(21(23)22-19-6-3)18-16-14-12-10-8-5-2/h20H,4-19H2,1-3H3,(H,22,23). The van der Waals surface area contributed by atoms with Crippen molar-refractivity contribution in [1.29, 1.82) is 0 Å². The third-order valence-corrected chi connectivity index (χ3v) is 4.73. The van der Waals surface area contributed by atoms with Crippen LogP contribution >= 0.6 is 0 Å². The predicted molar refractivity (Wildman–Crippen MR) is 103 cm³/mol. The predicted octanol–water partition coefficient (Wildman–Crippen LogP) is 6.63. The average molecular weight is 326 g/mol. The van der Waals surface area contributed by atoms with E-state index in [1.807, 2.05) is 0 Å². The maximum Gasteiger partial charge on any atom is 0.223 e. The summed E-state index contributed by atoms with van der Waals surface area (Å²) in [6, 6.07) is 0. The second-order valence-electron chi connectivity index (χ2n) is 7.10. The number of hydrogen-bond acceptors (Lipinski definition) is 1. The van der Waals surface area contributed by atoms with E-state index in [0.29, 0.717) is 5.91 Å². The largest absolute Gasteiger partial charge is 0.356 e. The van der Waals surface area contributed by atoms with E-state index in [9.17, 15) is 4.79 Å². The summed E-state index contributed by atoms with van der Waals surface area (Å²) in [6.07, 6.45) is 19.0. The monoisotopic (exact) mass is 325 g/mol. The first-order valence-corrected chi connectivity index (χ1v) is 10.5. The van der Waals surface area contributed by atoms with E-state index >= 15 is 0 Å². The smallest absolute Gasteiger partial charge is 0.223 e. The molecule has 2 nitrogen and oxygen atoms in total. The highest BCUT2D eigenvalue weighted by molar-refractivity contribution is 5.78. The molecule has 0 rings (SSSR count). The Balaban J connectivity index is 3.91. The van der Waals surface area contributed by atoms with E-state index in [-0.39, 0.29) is 5.92 Å². The van der Waals surface area contributed by atoms with Crippen LogP contribution in [0.15, 0.2) is 0 Å². The number of carbonyl (C=O) groups is 1. The number of carbonyl (C=O) groups excluding carboxylic acids is 1. The molecule has 138 valence electrons. The lowest BCUT2D eigenvalue weighted by molar-refractivity contribution is -0.125. The Hall–Kier alpha value is -0.530. The van der Waals surface area contributed by atoms with Crippen LogP contribution in [0.1, 0.15) is 117 Å². The molecule has 0 aliphatic carbocycles. The molecule has 0 aliphatic heterocycles. The van der Waals surface area contributed by atoms with Crippen LogP contribution in [0.4, 0.5) is 0 Å². The molecule has 0 heterocycles. The van der Waals surface area contributed by atoms with Crippen LogP contribution in [0.25, 0.3) is 0 Å². The van der Waals surface area contributed by atoms with Crippen molar-refractivity contribution in [2.24, 2.45) is 5.92 Å². The molecular weight excluding hydrogens is 282 g/mol. The van der Waals surface area contributed by atoms with Crippen LogP contribution in [0.3, 0.4) is 0 Å². The third kappa shape index (κ3) is 14.8. The first-order chi connectivity index (χ1) is 11.3. The minimum Gasteiger partial charge on any atom is -0.356 e. The molecule has 0 saturated heterocycles. The number of amides is 1. The van der Waals surface area contributed by atoms with Gasteiger partial charge in [0.15, 0.2) is 0 Å². The molecule has 0 unspecified atom stereocenters. The maximum absolute atomic E-state index is 12.3. The second-order valence-corrected chi connectivity index (χ2v) is 7.10. The summed E-state index contributed by atoms with van der Waals surface area (Å²) in [5.74, 6) is 0.577. The summed E-state index contributed by atoms with van der Waals surface area (Å²) >= 11 is 0. The van der Waals surface area contributed by atoms with E-state index in [1.54, 1.807) is 0 Å². The fourth-order valence-electron chi connectivity index (χ4n) is 3.14. The topological polar surface area (TPSA) is 29.1 Å². The Bertz CT molecular complexity index is 236. The van der Waals surface area contributed by atoms with Gasteiger partial charge in [0.05, 0.1) is 0 Å². The molecule has 2 heteroatoms. The van der Waals surface area contributed by atoms with Gasteiger partial charge in [-0.25, -0.2) is 0 Å². The zero-order valence-corrected chi connectivity index (χ0v) is 16.3. The van der Waals surface area contributed by atoms with E-state index in [0.717, 1.165) is 25.8 Å². The highest BCUT2D eigenvalue weighted by Crippen LogP contribution is 2.19. The van der Waals surface area contributed by atoms with Gasteiger partial charge in [-0.1, -0.05) is 97.8 Å². The molecule has 0 saturated carbocycles. The Morgan fingerprint density at radius 2 is 1.09 bits per heavy atom. The van der Waals surface area contributed by atoms with Gasteiger partial charge < -0.3 is 5.32 Å². The van der Waals surface area contributed by atoms with Crippen LogP contribution in [-0.4, -0.2) is 12.5 Å². The molecule has 1 N–H and O–H groups in total. The quantitative estimate of drug-likeness (QED) is 0.299. The van der Waals surface area contributed by atoms with Crippen molar-refractivity contribution >= 4 is 5.91 Å². The van der Waals surface area contributed by atoms with Gasteiger partial charge in [-0.15, -0.1) is 0 Å². The maximum atomic E-state index is 12.3. The van der Waals surface area contributed by atoms with Crippen molar-refractivity contribution in [3.8, 4) is 0 Å². The minimum absolute atomic E-state index is 0.263. The second kappa shape index (κ2) is 17.8. The average Bonchev–Trinajstić information content (AvgIpc) is 2.56. The van der Waals surface area contributed by atoms with Crippen molar-refractivity contribution in [3.05, 3.63) is 0 Å². The zero-order chi connectivity index (χ0) is 17.2. The molecule has 0 radical (unpaired) electrons. The van der Waals surface area contributed by atoms with Crippen LogP contribution in [0.5, 0.6) is 0 Å². The van der Waals surface area contributed by atoms with E-state index in [2.05, 4.69) is 26.1 Å². The Morgan fingerprint density at radius 3 is 1.52 bits per heavy atom. The molecular formula is C21H43NO. The zero-order valence-electron chi connectivity index (χ0n) is 16.3. The summed E-state index contributed by atoms with van der Waals surface area (Å²) in [5.41, 5.74) is 0. The molecule has 1 amide bonds. The summed E-state index contributed by atoms with van der Waals surface area (Å²) in [4.78, 5) is 12.3. The van der Waals surface area contributed by atoms with Gasteiger partial charge in [0, 0.05) is 12.5 Å². The molecule has 0 aromatic carbocycles. The molecule has 0 spiro atoms. The third-order valence-electron chi connectivity index (χ3n) is 4.73. The number of unbranched alkanes of at least 4 members (excludes halogenated alkanes) is 10. The number of rotatable bonds is 17. The van der Waals surface area contributed by atoms with E-state index < -0.39 is 0 Å². The molecule has 0 fully saturated rings. The molecule has 0 aromatic rings. The lowest BCUT2D eigenvalue weighted by Crippen LogP contribution is -2.31. The SMILES string of the molecule is CCCCCCCCC(CCCCCCCC)C(=O)NCCC. The van der Waals surface area contributed by atoms with E-state index in [4.69, 9.17) is 0 Å². The van der Waals surface area contributed by atoms with Crippen LogP contribution < -0.4 is 5.32 Å². The number of nitrogens with one attached hydrogen (secondary N) is 1. The van der Waals surface area contributed by atoms with Crippen LogP contribution in [-0.2, 0) is 4.79 Å². The molecule has 0 bridgehead atoms. The fraction of sp³-hybridized carbons (Fsp3) is 0.952. The van der Waals surface area contributed by atoms with Crippen LogP contribution in [0, 0.1) is 5.92 Å². The molecule has 0 aromatic heterocycles. The summed E-state index contributed by atoms with van der Waals surface area (Å²) < 4.78 is 0. The van der Waals surface area contributed by atoms with Crippen molar-refractivity contribution < 1.29 is 4.79 Å². The highest BCUT2D eigenvalue weighted by Gasteiger charge is 2.16. The fourth-order valence-corrected chi connectivity index (χ4v) is 3.14. The van der Waals surface area contributed by atoms with Gasteiger partial charge in [-0.2, -0.15) is 0 Å². The molecule has 0 atom stereocenters. The normalized spacial score (nSPS) is 11.1. The summed E-state index contributed by atoms with van der Waals surface area (Å²) in [6.45, 7) is 7.47. The summed E-state index contributed by atoms with van der Waals surface area (Å²) in [5, 5.41) is 3.12. The van der Waals surface area contributed by atoms with Gasteiger partial charge in [0.2, 0.25) is 5.91 Å². The van der Waals surface area contributed by atoms with Gasteiger partial charge in [-0.3, -0.25) is 4.79 Å². The first kappa shape index (κ1) is 22.5. The summed E-state index contributed by atoms with van der Waals surface area (Å²) in [7, 11) is 0. The minimum atomic E-state index is 0.263. The van der Waals surface area contributed by atoms with Gasteiger partial charge in [0.25, 0.3) is 0 Å². The van der Waals surface area contributed by atoms with Crippen molar-refractivity contribution in [2.45, 2.75) is 117 Å². The molecule has 0 aliphatic rings. The van der Waals surface area contributed by atoms with Crippen LogP contribution in [0.2, 0.25) is 0 Å².